The predicted molar refractivity (Wildman–Crippen MR) is 62.0 cm³/mol. The minimum absolute atomic E-state index is 0.139. The maximum atomic E-state index is 9.19. The Hall–Kier alpha value is -0.300. The second-order valence-electron chi connectivity index (χ2n) is 2.66. The molecule has 0 bridgehead atoms. The highest BCUT2D eigenvalue weighted by molar-refractivity contribution is 7.85. The Bertz CT molecular complexity index is 285. The summed E-state index contributed by atoms with van der Waals surface area (Å²) < 4.78 is 51.7. The van der Waals surface area contributed by atoms with Gasteiger partial charge >= 0.3 is 0 Å². The molecule has 0 aliphatic rings. The summed E-state index contributed by atoms with van der Waals surface area (Å²) in [5, 5.41) is 19.1. The molecule has 0 spiro atoms. The molecule has 0 radical (unpaired) electrons. The van der Waals surface area contributed by atoms with E-state index in [-0.39, 0.29) is 13.2 Å². The highest BCUT2D eigenvalue weighted by Gasteiger charge is 1.82. The Balaban J connectivity index is -0.000000177. The van der Waals surface area contributed by atoms with Gasteiger partial charge in [-0.2, -0.15) is 16.8 Å². The van der Waals surface area contributed by atoms with Crippen LogP contribution in [0.5, 0.6) is 0 Å². The van der Waals surface area contributed by atoms with E-state index >= 15 is 0 Å². The van der Waals surface area contributed by atoms with Crippen molar-refractivity contribution in [3.63, 3.8) is 0 Å². The summed E-state index contributed by atoms with van der Waals surface area (Å²) in [5.41, 5.74) is 0. The van der Waals surface area contributed by atoms with Crippen LogP contribution < -0.4 is 5.32 Å². The summed E-state index contributed by atoms with van der Waals surface area (Å²) in [6, 6.07) is 0. The Kier molecular flexibility index (Phi) is 15.7. The maximum absolute atomic E-state index is 9.19. The van der Waals surface area contributed by atoms with E-state index in [0.717, 1.165) is 0 Å². The van der Waals surface area contributed by atoms with E-state index in [2.05, 4.69) is 5.32 Å². The van der Waals surface area contributed by atoms with Crippen molar-refractivity contribution < 1.29 is 36.2 Å². The van der Waals surface area contributed by atoms with Crippen molar-refractivity contribution in [1.82, 2.24) is 5.32 Å². The van der Waals surface area contributed by atoms with Gasteiger partial charge in [0.2, 0.25) is 0 Å². The second-order valence-corrected chi connectivity index (χ2v) is 5.60. The first kappa shape index (κ1) is 21.9. The number of rotatable bonds is 4. The monoisotopic (exact) mass is 297 g/mol. The van der Waals surface area contributed by atoms with E-state index in [9.17, 15) is 16.8 Å². The number of nitrogens with one attached hydrogen (secondary N) is 1. The van der Waals surface area contributed by atoms with Gasteiger partial charge in [0.15, 0.2) is 0 Å². The van der Waals surface area contributed by atoms with Gasteiger partial charge in [-0.3, -0.25) is 9.11 Å². The van der Waals surface area contributed by atoms with Gasteiger partial charge in [-0.25, -0.2) is 0 Å². The molecule has 0 aromatic carbocycles. The van der Waals surface area contributed by atoms with Crippen molar-refractivity contribution in [2.24, 2.45) is 0 Å². The van der Waals surface area contributed by atoms with Crippen molar-refractivity contribution in [1.29, 1.82) is 0 Å². The Morgan fingerprint density at radius 1 is 0.824 bits per heavy atom. The minimum atomic E-state index is -3.67. The van der Waals surface area contributed by atoms with Gasteiger partial charge in [-0.05, 0) is 0 Å². The van der Waals surface area contributed by atoms with E-state index < -0.39 is 20.2 Å². The lowest BCUT2D eigenvalue weighted by molar-refractivity contribution is 0.266. The van der Waals surface area contributed by atoms with Crippen LogP contribution in [0.1, 0.15) is 0 Å². The van der Waals surface area contributed by atoms with Crippen LogP contribution in [0.15, 0.2) is 0 Å². The van der Waals surface area contributed by atoms with Crippen LogP contribution >= 0.6 is 0 Å². The topological polar surface area (TPSA) is 161 Å². The molecule has 108 valence electrons. The van der Waals surface area contributed by atoms with Gasteiger partial charge < -0.3 is 15.5 Å². The van der Waals surface area contributed by atoms with E-state index in [4.69, 9.17) is 19.3 Å². The average Bonchev–Trinajstić information content (AvgIpc) is 1.99. The quantitative estimate of drug-likeness (QED) is 0.280. The minimum Gasteiger partial charge on any atom is -0.395 e. The molecule has 9 nitrogen and oxygen atoms in total. The van der Waals surface area contributed by atoms with Crippen LogP contribution in [0.25, 0.3) is 0 Å². The molecule has 0 unspecified atom stereocenters. The highest BCUT2D eigenvalue weighted by Crippen LogP contribution is 1.61. The third-order valence-corrected chi connectivity index (χ3v) is 0.577. The van der Waals surface area contributed by atoms with Crippen LogP contribution in [0, 0.1) is 0 Å². The van der Waals surface area contributed by atoms with Crippen LogP contribution in [-0.2, 0) is 20.2 Å². The fourth-order valence-electron chi connectivity index (χ4n) is 0.283. The molecule has 0 atom stereocenters. The first-order valence-electron chi connectivity index (χ1n) is 4.19. The van der Waals surface area contributed by atoms with Crippen molar-refractivity contribution in [3.05, 3.63) is 0 Å². The Morgan fingerprint density at radius 3 is 1.12 bits per heavy atom. The summed E-state index contributed by atoms with van der Waals surface area (Å²) >= 11 is 0. The Labute approximate surface area is 101 Å². The van der Waals surface area contributed by atoms with Crippen LogP contribution in [0.3, 0.4) is 0 Å². The maximum Gasteiger partial charge on any atom is 0.261 e. The molecular formula is C6H19NO8S2. The van der Waals surface area contributed by atoms with Gasteiger partial charge in [0, 0.05) is 13.1 Å². The molecule has 0 amide bonds. The Morgan fingerprint density at radius 2 is 1.00 bits per heavy atom. The lowest BCUT2D eigenvalue weighted by atomic mass is 10.6. The molecule has 0 aliphatic heterocycles. The normalized spacial score (nSPS) is 10.7. The van der Waals surface area contributed by atoms with Crippen molar-refractivity contribution in [3.8, 4) is 0 Å². The molecule has 0 aliphatic carbocycles. The highest BCUT2D eigenvalue weighted by atomic mass is 32.2. The van der Waals surface area contributed by atoms with Crippen molar-refractivity contribution in [2.75, 3.05) is 38.8 Å². The summed E-state index contributed by atoms with van der Waals surface area (Å²) in [4.78, 5) is 0. The third-order valence-electron chi connectivity index (χ3n) is 0.577. The van der Waals surface area contributed by atoms with Crippen molar-refractivity contribution >= 4 is 20.2 Å². The largest absolute Gasteiger partial charge is 0.395 e. The molecule has 0 heterocycles. The van der Waals surface area contributed by atoms with E-state index in [1.807, 2.05) is 0 Å². The molecule has 0 aromatic heterocycles. The lowest BCUT2D eigenvalue weighted by Gasteiger charge is -1.94. The molecule has 17 heavy (non-hydrogen) atoms. The fraction of sp³-hybridized carbons (Fsp3) is 1.00. The molecule has 0 aromatic rings. The zero-order valence-electron chi connectivity index (χ0n) is 9.57. The smallest absolute Gasteiger partial charge is 0.261 e. The van der Waals surface area contributed by atoms with Crippen molar-refractivity contribution in [2.45, 2.75) is 0 Å². The summed E-state index contributed by atoms with van der Waals surface area (Å²) in [6.07, 6.45) is 1.43. The molecule has 0 saturated carbocycles. The molecule has 0 saturated heterocycles. The van der Waals surface area contributed by atoms with E-state index in [1.54, 1.807) is 0 Å². The van der Waals surface area contributed by atoms with Crippen LogP contribution in [0.4, 0.5) is 0 Å². The molecule has 0 fully saturated rings. The number of aliphatic hydroxyl groups is 2. The lowest BCUT2D eigenvalue weighted by Crippen LogP contribution is -2.21. The number of hydrogen-bond donors (Lipinski definition) is 5. The summed E-state index contributed by atoms with van der Waals surface area (Å²) in [6.45, 7) is 1.42. The zero-order chi connectivity index (χ0) is 14.5. The summed E-state index contributed by atoms with van der Waals surface area (Å²) in [5.74, 6) is 0. The number of hydrogen-bond acceptors (Lipinski definition) is 7. The third kappa shape index (κ3) is 215. The van der Waals surface area contributed by atoms with Gasteiger partial charge in [-0.1, -0.05) is 0 Å². The van der Waals surface area contributed by atoms with Gasteiger partial charge in [0.1, 0.15) is 0 Å². The molecule has 11 heteroatoms. The SMILES string of the molecule is CS(=O)(=O)O.CS(=O)(=O)O.OCCNCCO. The van der Waals surface area contributed by atoms with Gasteiger partial charge in [-0.15, -0.1) is 0 Å². The molecular weight excluding hydrogens is 278 g/mol. The molecule has 0 rings (SSSR count). The van der Waals surface area contributed by atoms with Gasteiger partial charge in [0.05, 0.1) is 25.7 Å². The van der Waals surface area contributed by atoms with Crippen LogP contribution in [0.2, 0.25) is 0 Å². The predicted octanol–water partition coefficient (Wildman–Crippen LogP) is -2.43. The fourth-order valence-corrected chi connectivity index (χ4v) is 0.283. The standard InChI is InChI=1S/C4H11NO2.2CH4O3S/c6-3-1-5-2-4-7;2*1-5(2,3)4/h5-7H,1-4H2;2*1H3,(H,2,3,4). The first-order chi connectivity index (χ1) is 7.41. The van der Waals surface area contributed by atoms with E-state index in [1.165, 1.54) is 0 Å². The molecule has 5 N–H and O–H groups in total. The average molecular weight is 297 g/mol. The summed E-state index contributed by atoms with van der Waals surface area (Å²) in [7, 11) is -7.33. The zero-order valence-corrected chi connectivity index (χ0v) is 11.2. The van der Waals surface area contributed by atoms with Crippen LogP contribution in [-0.4, -0.2) is 75.0 Å². The van der Waals surface area contributed by atoms with Gasteiger partial charge in [0.25, 0.3) is 20.2 Å². The van der Waals surface area contributed by atoms with E-state index in [0.29, 0.717) is 25.6 Å². The second kappa shape index (κ2) is 12.2. The first-order valence-corrected chi connectivity index (χ1v) is 7.88. The number of aliphatic hydroxyl groups excluding tert-OH is 2.